The van der Waals surface area contributed by atoms with Gasteiger partial charge in [-0.15, -0.1) is 0 Å². The Balaban J connectivity index is 1.42. The van der Waals surface area contributed by atoms with Gasteiger partial charge in [0.25, 0.3) is 0 Å². The van der Waals surface area contributed by atoms with E-state index >= 15 is 0 Å². The Morgan fingerprint density at radius 2 is 1.76 bits per heavy atom. The number of nitrogens with zero attached hydrogens (tertiary/aromatic N) is 4. The van der Waals surface area contributed by atoms with Crippen LogP contribution in [0.1, 0.15) is 31.7 Å². The van der Waals surface area contributed by atoms with Crippen LogP contribution in [0.3, 0.4) is 0 Å². The van der Waals surface area contributed by atoms with E-state index in [0.29, 0.717) is 13.0 Å². The van der Waals surface area contributed by atoms with E-state index in [-0.39, 0.29) is 5.91 Å². The number of guanidine groups is 1. The average molecular weight is 398 g/mol. The molecule has 0 bridgehead atoms. The van der Waals surface area contributed by atoms with Gasteiger partial charge in [-0.3, -0.25) is 14.7 Å². The van der Waals surface area contributed by atoms with E-state index < -0.39 is 0 Å². The number of likely N-dealkylation sites (tertiary alicyclic amines) is 1. The second-order valence-corrected chi connectivity index (χ2v) is 7.67. The lowest BCUT2D eigenvalue weighted by molar-refractivity contribution is -0.129. The third-order valence-corrected chi connectivity index (χ3v) is 5.53. The van der Waals surface area contributed by atoms with Crippen LogP contribution in [0, 0.1) is 0 Å². The summed E-state index contributed by atoms with van der Waals surface area (Å²) in [4.78, 5) is 23.7. The van der Waals surface area contributed by atoms with Crippen molar-refractivity contribution in [1.29, 1.82) is 0 Å². The Hall–Kier alpha value is -2.34. The summed E-state index contributed by atoms with van der Waals surface area (Å²) in [6, 6.07) is 10.4. The molecule has 0 radical (unpaired) electrons. The van der Waals surface area contributed by atoms with Gasteiger partial charge in [0, 0.05) is 58.8 Å². The van der Waals surface area contributed by atoms with Gasteiger partial charge in [-0.05, 0) is 25.3 Å². The molecule has 2 aliphatic rings. The monoisotopic (exact) mass is 397 g/mol. The fourth-order valence-electron chi connectivity index (χ4n) is 3.85. The summed E-state index contributed by atoms with van der Waals surface area (Å²) in [6.45, 7) is 10.3. The number of piperazine rings is 1. The molecule has 0 saturated carbocycles. The number of nitrogens with one attached hydrogen (secondary N) is 1. The van der Waals surface area contributed by atoms with E-state index in [9.17, 15) is 4.79 Å². The number of hydrogen-bond acceptors (Lipinski definition) is 3. The Labute approximate surface area is 175 Å². The lowest BCUT2D eigenvalue weighted by Gasteiger charge is -2.36. The lowest BCUT2D eigenvalue weighted by atomic mass is 10.2. The van der Waals surface area contributed by atoms with Crippen LogP contribution in [-0.4, -0.2) is 85.5 Å². The molecule has 0 atom stereocenters. The van der Waals surface area contributed by atoms with Crippen LogP contribution >= 0.6 is 0 Å². The molecule has 2 aliphatic heterocycles. The highest BCUT2D eigenvalue weighted by atomic mass is 16.2. The number of aliphatic imine (C=N–C) groups is 1. The highest BCUT2D eigenvalue weighted by molar-refractivity contribution is 5.81. The van der Waals surface area contributed by atoms with Crippen molar-refractivity contribution in [3.63, 3.8) is 0 Å². The van der Waals surface area contributed by atoms with Gasteiger partial charge >= 0.3 is 0 Å². The standard InChI is InChI=1S/C23H35N5O/c1-2-24-23(25-13-12-22(29)27-15-6-7-16-27)28-19-17-26(18-20-28)14-8-11-21-9-4-3-5-10-21/h3-5,8-11H,2,6-7,12-20H2,1H3,(H,24,25)/b11-8+. The molecule has 158 valence electrons. The normalized spacial score (nSPS) is 18.6. The first kappa shape index (κ1) is 21.4. The van der Waals surface area contributed by atoms with Gasteiger partial charge in [0.05, 0.1) is 6.54 Å². The Morgan fingerprint density at radius 3 is 2.45 bits per heavy atom. The molecule has 6 heteroatoms. The summed E-state index contributed by atoms with van der Waals surface area (Å²) in [5.41, 5.74) is 1.25. The van der Waals surface area contributed by atoms with Crippen molar-refractivity contribution in [2.75, 3.05) is 58.9 Å². The summed E-state index contributed by atoms with van der Waals surface area (Å²) in [7, 11) is 0. The number of carbonyl (C=O) groups is 1. The van der Waals surface area contributed by atoms with Crippen molar-refractivity contribution in [1.82, 2.24) is 20.0 Å². The van der Waals surface area contributed by atoms with Gasteiger partial charge in [0.15, 0.2) is 5.96 Å². The van der Waals surface area contributed by atoms with E-state index in [1.54, 1.807) is 0 Å². The molecule has 6 nitrogen and oxygen atoms in total. The second kappa shape index (κ2) is 11.6. The maximum absolute atomic E-state index is 12.2. The Bertz CT molecular complexity index is 674. The van der Waals surface area contributed by atoms with Crippen LogP contribution in [0.4, 0.5) is 0 Å². The summed E-state index contributed by atoms with van der Waals surface area (Å²) >= 11 is 0. The number of hydrogen-bond donors (Lipinski definition) is 1. The average Bonchev–Trinajstić information content (AvgIpc) is 3.29. The summed E-state index contributed by atoms with van der Waals surface area (Å²) in [6.07, 6.45) is 7.23. The molecule has 2 fully saturated rings. The quantitative estimate of drug-likeness (QED) is 0.567. The van der Waals surface area contributed by atoms with Crippen molar-refractivity contribution >= 4 is 17.9 Å². The molecule has 0 aromatic heterocycles. The molecule has 1 aromatic carbocycles. The van der Waals surface area contributed by atoms with Crippen LogP contribution in [0.5, 0.6) is 0 Å². The molecule has 0 unspecified atom stereocenters. The first-order valence-corrected chi connectivity index (χ1v) is 11.0. The zero-order valence-corrected chi connectivity index (χ0v) is 17.7. The van der Waals surface area contributed by atoms with Crippen LogP contribution < -0.4 is 5.32 Å². The summed E-state index contributed by atoms with van der Waals surface area (Å²) in [5.74, 6) is 1.19. The van der Waals surface area contributed by atoms with E-state index in [1.807, 2.05) is 11.0 Å². The van der Waals surface area contributed by atoms with E-state index in [2.05, 4.69) is 58.5 Å². The van der Waals surface area contributed by atoms with Gasteiger partial charge in [-0.2, -0.15) is 0 Å². The van der Waals surface area contributed by atoms with Crippen LogP contribution in [0.25, 0.3) is 6.08 Å². The van der Waals surface area contributed by atoms with E-state index in [1.165, 1.54) is 5.56 Å². The number of carbonyl (C=O) groups excluding carboxylic acids is 1. The first-order valence-electron chi connectivity index (χ1n) is 11.0. The maximum atomic E-state index is 12.2. The third kappa shape index (κ3) is 6.89. The van der Waals surface area contributed by atoms with Crippen molar-refractivity contribution < 1.29 is 4.79 Å². The summed E-state index contributed by atoms with van der Waals surface area (Å²) < 4.78 is 0. The Kier molecular flexibility index (Phi) is 8.56. The molecular formula is C23H35N5O. The number of rotatable bonds is 7. The van der Waals surface area contributed by atoms with Crippen molar-refractivity contribution in [3.05, 3.63) is 42.0 Å². The fourth-order valence-corrected chi connectivity index (χ4v) is 3.85. The highest BCUT2D eigenvalue weighted by Gasteiger charge is 2.20. The maximum Gasteiger partial charge on any atom is 0.224 e. The molecule has 2 saturated heterocycles. The molecule has 1 aromatic rings. The molecule has 29 heavy (non-hydrogen) atoms. The van der Waals surface area contributed by atoms with E-state index in [0.717, 1.165) is 71.2 Å². The highest BCUT2D eigenvalue weighted by Crippen LogP contribution is 2.09. The van der Waals surface area contributed by atoms with E-state index in [4.69, 9.17) is 4.99 Å². The summed E-state index contributed by atoms with van der Waals surface area (Å²) in [5, 5.41) is 3.39. The molecule has 1 N–H and O–H groups in total. The zero-order chi connectivity index (χ0) is 20.3. The van der Waals surface area contributed by atoms with Crippen molar-refractivity contribution in [2.45, 2.75) is 26.2 Å². The van der Waals surface area contributed by atoms with Crippen LogP contribution in [-0.2, 0) is 4.79 Å². The number of benzene rings is 1. The topological polar surface area (TPSA) is 51.2 Å². The third-order valence-electron chi connectivity index (χ3n) is 5.53. The molecule has 1 amide bonds. The fraction of sp³-hybridized carbons (Fsp3) is 0.565. The zero-order valence-electron chi connectivity index (χ0n) is 17.7. The predicted octanol–water partition coefficient (Wildman–Crippen LogP) is 2.30. The Morgan fingerprint density at radius 1 is 1.03 bits per heavy atom. The predicted molar refractivity (Wildman–Crippen MR) is 120 cm³/mol. The SMILES string of the molecule is CCNC(=NCCC(=O)N1CCCC1)N1CCN(C/C=C/c2ccccc2)CC1. The van der Waals surface area contributed by atoms with Gasteiger partial charge in [0.2, 0.25) is 5.91 Å². The molecule has 2 heterocycles. The lowest BCUT2D eigenvalue weighted by Crippen LogP contribution is -2.52. The van der Waals surface area contributed by atoms with Gasteiger partial charge in [-0.25, -0.2) is 0 Å². The molecule has 0 aliphatic carbocycles. The van der Waals surface area contributed by atoms with Crippen LogP contribution in [0.2, 0.25) is 0 Å². The van der Waals surface area contributed by atoms with Gasteiger partial charge < -0.3 is 15.1 Å². The van der Waals surface area contributed by atoms with Gasteiger partial charge in [-0.1, -0.05) is 42.5 Å². The first-order chi connectivity index (χ1) is 14.3. The van der Waals surface area contributed by atoms with Crippen LogP contribution in [0.15, 0.2) is 41.4 Å². The molecule has 3 rings (SSSR count). The minimum absolute atomic E-state index is 0.247. The van der Waals surface area contributed by atoms with Crippen molar-refractivity contribution in [2.24, 2.45) is 4.99 Å². The smallest absolute Gasteiger partial charge is 0.224 e. The minimum atomic E-state index is 0.247. The molecular weight excluding hydrogens is 362 g/mol. The second-order valence-electron chi connectivity index (χ2n) is 7.67. The largest absolute Gasteiger partial charge is 0.357 e. The molecule has 0 spiro atoms. The van der Waals surface area contributed by atoms with Crippen molar-refractivity contribution in [3.8, 4) is 0 Å². The minimum Gasteiger partial charge on any atom is -0.357 e. The van der Waals surface area contributed by atoms with Gasteiger partial charge in [0.1, 0.15) is 0 Å². The number of amides is 1.